The molecule has 1 unspecified atom stereocenters. The molecule has 0 aromatic carbocycles. The van der Waals surface area contributed by atoms with Crippen molar-refractivity contribution in [2.75, 3.05) is 6.61 Å². The molecule has 1 aliphatic rings. The molecule has 26 heavy (non-hydrogen) atoms. The zero-order valence-corrected chi connectivity index (χ0v) is 16.2. The van der Waals surface area contributed by atoms with Crippen molar-refractivity contribution in [3.63, 3.8) is 0 Å². The Bertz CT molecular complexity index is 467. The van der Waals surface area contributed by atoms with Crippen LogP contribution in [0.1, 0.15) is 77.6 Å². The van der Waals surface area contributed by atoms with Crippen molar-refractivity contribution in [1.82, 2.24) is 0 Å². The predicted molar refractivity (Wildman–Crippen MR) is 105 cm³/mol. The third kappa shape index (κ3) is 9.44. The second-order valence-corrected chi connectivity index (χ2v) is 7.37. The summed E-state index contributed by atoms with van der Waals surface area (Å²) < 4.78 is 0. The van der Waals surface area contributed by atoms with Crippen LogP contribution < -0.4 is 0 Å². The molecule has 1 saturated carbocycles. The molecule has 148 valence electrons. The van der Waals surface area contributed by atoms with Gasteiger partial charge in [-0.2, -0.15) is 0 Å². The van der Waals surface area contributed by atoms with Crippen LogP contribution in [0.4, 0.5) is 0 Å². The summed E-state index contributed by atoms with van der Waals surface area (Å²) in [6.07, 6.45) is 17.1. The summed E-state index contributed by atoms with van der Waals surface area (Å²) in [5.41, 5.74) is 0. The Hall–Kier alpha value is -1.26. The van der Waals surface area contributed by atoms with E-state index in [9.17, 15) is 14.7 Å². The van der Waals surface area contributed by atoms with Crippen LogP contribution in [0, 0.1) is 11.8 Å². The van der Waals surface area contributed by atoms with Crippen molar-refractivity contribution < 1.29 is 19.8 Å². The zero-order valence-electron chi connectivity index (χ0n) is 16.2. The summed E-state index contributed by atoms with van der Waals surface area (Å²) in [7, 11) is 0. The molecular weight excluding hydrogens is 328 g/mol. The van der Waals surface area contributed by atoms with Crippen molar-refractivity contribution in [2.45, 2.75) is 83.7 Å². The first-order valence-electron chi connectivity index (χ1n) is 10.2. The Kier molecular flexibility index (Phi) is 12.2. The van der Waals surface area contributed by atoms with E-state index in [-0.39, 0.29) is 18.3 Å². The van der Waals surface area contributed by atoms with Crippen LogP contribution in [-0.2, 0) is 9.59 Å². The first kappa shape index (κ1) is 22.8. The highest BCUT2D eigenvalue weighted by molar-refractivity contribution is 5.83. The monoisotopic (exact) mass is 364 g/mol. The van der Waals surface area contributed by atoms with Gasteiger partial charge in [-0.1, -0.05) is 56.9 Å². The van der Waals surface area contributed by atoms with E-state index < -0.39 is 6.10 Å². The average Bonchev–Trinajstić information content (AvgIpc) is 2.98. The zero-order chi connectivity index (χ0) is 19.2. The Morgan fingerprint density at radius 2 is 2.00 bits per heavy atom. The molecule has 0 heterocycles. The van der Waals surface area contributed by atoms with Crippen LogP contribution in [-0.4, -0.2) is 34.5 Å². The van der Waals surface area contributed by atoms with E-state index >= 15 is 0 Å². The molecule has 1 rings (SSSR count). The van der Waals surface area contributed by atoms with Crippen LogP contribution in [0.25, 0.3) is 0 Å². The molecule has 1 aliphatic carbocycles. The summed E-state index contributed by atoms with van der Waals surface area (Å²) >= 11 is 0. The quantitative estimate of drug-likeness (QED) is 0.359. The molecule has 1 fully saturated rings. The number of carbonyl (C=O) groups excluding carboxylic acids is 2. The summed E-state index contributed by atoms with van der Waals surface area (Å²) in [6.45, 7) is 1.76. The molecule has 4 heteroatoms. The largest absolute Gasteiger partial charge is 0.389 e. The second-order valence-electron chi connectivity index (χ2n) is 7.37. The van der Waals surface area contributed by atoms with Gasteiger partial charge in [0.1, 0.15) is 12.4 Å². The topological polar surface area (TPSA) is 74.6 Å². The lowest BCUT2D eigenvalue weighted by molar-refractivity contribution is -0.122. The van der Waals surface area contributed by atoms with E-state index in [4.69, 9.17) is 5.11 Å². The molecule has 4 nitrogen and oxygen atoms in total. The fourth-order valence-electron chi connectivity index (χ4n) is 3.55. The van der Waals surface area contributed by atoms with Gasteiger partial charge in [-0.25, -0.2) is 0 Å². The first-order valence-corrected chi connectivity index (χ1v) is 10.2. The second kappa shape index (κ2) is 13.9. The number of unbranched alkanes of at least 4 members (excludes halogenated alkanes) is 4. The highest BCUT2D eigenvalue weighted by Crippen LogP contribution is 2.34. The Morgan fingerprint density at radius 3 is 2.73 bits per heavy atom. The van der Waals surface area contributed by atoms with Crippen LogP contribution in [0.5, 0.6) is 0 Å². The molecule has 0 spiro atoms. The third-order valence-electron chi connectivity index (χ3n) is 5.13. The van der Waals surface area contributed by atoms with E-state index in [0.29, 0.717) is 31.0 Å². The molecule has 0 aromatic rings. The summed E-state index contributed by atoms with van der Waals surface area (Å²) in [5.74, 6) is 0.717. The molecule has 0 aliphatic heterocycles. The lowest BCUT2D eigenvalue weighted by atomic mass is 9.89. The summed E-state index contributed by atoms with van der Waals surface area (Å²) in [5, 5.41) is 18.6. The van der Waals surface area contributed by atoms with Gasteiger partial charge in [-0.05, 0) is 38.0 Å². The van der Waals surface area contributed by atoms with Crippen molar-refractivity contribution in [1.29, 1.82) is 0 Å². The number of rotatable bonds is 14. The minimum absolute atomic E-state index is 0.0899. The van der Waals surface area contributed by atoms with Crippen molar-refractivity contribution >= 4 is 11.6 Å². The van der Waals surface area contributed by atoms with Gasteiger partial charge in [-0.15, -0.1) is 0 Å². The highest BCUT2D eigenvalue weighted by atomic mass is 16.3. The van der Waals surface area contributed by atoms with Crippen LogP contribution in [0.2, 0.25) is 0 Å². The number of aliphatic hydroxyl groups excluding tert-OH is 2. The Balaban J connectivity index is 2.27. The van der Waals surface area contributed by atoms with Gasteiger partial charge < -0.3 is 10.2 Å². The smallest absolute Gasteiger partial charge is 0.158 e. The molecular formula is C22H36O4. The van der Waals surface area contributed by atoms with Gasteiger partial charge in [-0.3, -0.25) is 9.59 Å². The van der Waals surface area contributed by atoms with Gasteiger partial charge in [0, 0.05) is 18.8 Å². The highest BCUT2D eigenvalue weighted by Gasteiger charge is 2.32. The summed E-state index contributed by atoms with van der Waals surface area (Å²) in [6, 6.07) is 0. The molecule has 0 aromatic heterocycles. The van der Waals surface area contributed by atoms with Gasteiger partial charge in [0.25, 0.3) is 0 Å². The number of hydrogen-bond donors (Lipinski definition) is 2. The molecule has 0 bridgehead atoms. The minimum atomic E-state index is -0.435. The van der Waals surface area contributed by atoms with E-state index in [1.165, 1.54) is 0 Å². The number of allylic oxidation sites excluding steroid dienone is 2. The van der Waals surface area contributed by atoms with Crippen molar-refractivity contribution in [3.8, 4) is 0 Å². The van der Waals surface area contributed by atoms with Crippen LogP contribution in [0.3, 0.4) is 0 Å². The first-order chi connectivity index (χ1) is 12.6. The van der Waals surface area contributed by atoms with Crippen molar-refractivity contribution in [3.05, 3.63) is 24.3 Å². The Labute approximate surface area is 158 Å². The molecule has 0 amide bonds. The van der Waals surface area contributed by atoms with E-state index in [2.05, 4.69) is 13.0 Å². The van der Waals surface area contributed by atoms with Crippen LogP contribution in [0.15, 0.2) is 24.3 Å². The lowest BCUT2D eigenvalue weighted by Crippen LogP contribution is -2.13. The number of carbonyl (C=O) groups is 2. The van der Waals surface area contributed by atoms with Crippen molar-refractivity contribution in [2.24, 2.45) is 11.8 Å². The van der Waals surface area contributed by atoms with E-state index in [1.807, 2.05) is 18.2 Å². The van der Waals surface area contributed by atoms with Gasteiger partial charge in [0.2, 0.25) is 0 Å². The number of Topliss-reactive ketones (excluding diaryl/α,β-unsaturated/α-hetero) is 2. The fourth-order valence-corrected chi connectivity index (χ4v) is 3.55. The molecule has 2 N–H and O–H groups in total. The maximum Gasteiger partial charge on any atom is 0.158 e. The molecule has 0 radical (unpaired) electrons. The van der Waals surface area contributed by atoms with E-state index in [1.54, 1.807) is 0 Å². The number of aliphatic hydroxyl groups is 2. The van der Waals surface area contributed by atoms with Crippen LogP contribution >= 0.6 is 0 Å². The number of ketones is 2. The maximum atomic E-state index is 12.1. The van der Waals surface area contributed by atoms with E-state index in [0.717, 1.165) is 51.4 Å². The third-order valence-corrected chi connectivity index (χ3v) is 5.13. The fraction of sp³-hybridized carbons (Fsp3) is 0.727. The lowest BCUT2D eigenvalue weighted by Gasteiger charge is -2.15. The standard InChI is InChI=1S/C22H36O4/c1-2-3-6-11-19(24)13-9-10-18-15-16-22(26)21(18)14-8-5-4-7-12-20(25)17-23/h6,9-11,18-19,21,23-24H,2-5,7-8,12-17H2,1H3/t18-,19?,21+/m0/s1. The summed E-state index contributed by atoms with van der Waals surface area (Å²) in [4.78, 5) is 23.2. The predicted octanol–water partition coefficient (Wildman–Crippen LogP) is 4.15. The Morgan fingerprint density at radius 1 is 1.23 bits per heavy atom. The normalized spacial score (nSPS) is 21.9. The molecule has 3 atom stereocenters. The SMILES string of the molecule is CCCC=CC(O)CC=C[C@H]1CCC(=O)[C@@H]1CCCCCCC(=O)CO. The van der Waals surface area contributed by atoms with Gasteiger partial charge >= 0.3 is 0 Å². The average molecular weight is 365 g/mol. The minimum Gasteiger partial charge on any atom is -0.389 e. The number of hydrogen-bond acceptors (Lipinski definition) is 4. The molecule has 0 saturated heterocycles. The maximum absolute atomic E-state index is 12.1. The van der Waals surface area contributed by atoms with Gasteiger partial charge in [0.05, 0.1) is 6.10 Å². The van der Waals surface area contributed by atoms with Gasteiger partial charge in [0.15, 0.2) is 5.78 Å².